The molecule has 0 fully saturated rings. The summed E-state index contributed by atoms with van der Waals surface area (Å²) in [6.07, 6.45) is 2.06. The second-order valence-corrected chi connectivity index (χ2v) is 9.04. The number of aryl methyl sites for hydroxylation is 1. The number of hydrogen-bond acceptors (Lipinski definition) is 4. The molecule has 2 aromatic carbocycles. The van der Waals surface area contributed by atoms with Gasteiger partial charge in [0, 0.05) is 38.6 Å². The van der Waals surface area contributed by atoms with Crippen molar-refractivity contribution in [2.75, 3.05) is 33.4 Å². The molecule has 2 rings (SSSR count). The molecule has 0 atom stereocenters. The van der Waals surface area contributed by atoms with Gasteiger partial charge in [0.05, 0.1) is 4.90 Å². The van der Waals surface area contributed by atoms with Gasteiger partial charge in [-0.25, -0.2) is 13.1 Å². The van der Waals surface area contributed by atoms with Gasteiger partial charge in [0.1, 0.15) is 0 Å². The van der Waals surface area contributed by atoms with Crippen LogP contribution in [0.2, 0.25) is 0 Å². The zero-order valence-electron chi connectivity index (χ0n) is 17.2. The molecule has 0 aliphatic rings. The fraction of sp³-hybridized carbons (Fsp3) is 0.350. The van der Waals surface area contributed by atoms with Crippen molar-refractivity contribution >= 4 is 51.7 Å². The molecular weight excluding hydrogens is 519 g/mol. The molecule has 2 aromatic rings. The van der Waals surface area contributed by atoms with Crippen LogP contribution < -0.4 is 10.0 Å². The third-order valence-corrected chi connectivity index (χ3v) is 6.40. The van der Waals surface area contributed by atoms with Gasteiger partial charge in [-0.3, -0.25) is 4.99 Å². The number of halogens is 1. The molecule has 0 amide bonds. The molecule has 0 aliphatic heterocycles. The number of rotatable bonds is 8. The molecule has 0 saturated carbocycles. The van der Waals surface area contributed by atoms with Crippen molar-refractivity contribution in [3.8, 4) is 0 Å². The first-order valence-electron chi connectivity index (χ1n) is 8.97. The van der Waals surface area contributed by atoms with Crippen LogP contribution in [0.4, 0.5) is 0 Å². The maximum Gasteiger partial charge on any atom is 0.240 e. The van der Waals surface area contributed by atoms with Gasteiger partial charge in [-0.1, -0.05) is 29.8 Å². The molecule has 0 unspecified atom stereocenters. The van der Waals surface area contributed by atoms with Crippen LogP contribution in [0.1, 0.15) is 11.1 Å². The maximum absolute atomic E-state index is 12.3. The number of nitrogens with zero attached hydrogens (tertiary/aromatic N) is 2. The highest BCUT2D eigenvalue weighted by Gasteiger charge is 2.13. The Morgan fingerprint density at radius 2 is 1.69 bits per heavy atom. The molecule has 9 heteroatoms. The average Bonchev–Trinajstić information content (AvgIpc) is 2.69. The van der Waals surface area contributed by atoms with Gasteiger partial charge in [-0.15, -0.1) is 35.7 Å². The number of hydrogen-bond donors (Lipinski definition) is 2. The highest BCUT2D eigenvalue weighted by Crippen LogP contribution is 2.15. The highest BCUT2D eigenvalue weighted by atomic mass is 127. The van der Waals surface area contributed by atoms with Crippen molar-refractivity contribution in [1.29, 1.82) is 0 Å². The minimum absolute atomic E-state index is 0. The normalized spacial score (nSPS) is 11.7. The zero-order valence-corrected chi connectivity index (χ0v) is 21.1. The van der Waals surface area contributed by atoms with E-state index in [4.69, 9.17) is 0 Å². The lowest BCUT2D eigenvalue weighted by Crippen LogP contribution is -2.42. The number of thioether (sulfide) groups is 1. The molecule has 29 heavy (non-hydrogen) atoms. The highest BCUT2D eigenvalue weighted by molar-refractivity contribution is 14.0. The molecule has 160 valence electrons. The van der Waals surface area contributed by atoms with Crippen LogP contribution in [0.15, 0.2) is 63.3 Å². The van der Waals surface area contributed by atoms with E-state index in [2.05, 4.69) is 45.6 Å². The summed E-state index contributed by atoms with van der Waals surface area (Å²) in [6, 6.07) is 15.2. The first kappa shape index (κ1) is 25.7. The van der Waals surface area contributed by atoms with Crippen molar-refractivity contribution in [2.24, 2.45) is 4.99 Å². The molecule has 0 radical (unpaired) electrons. The average molecular weight is 549 g/mol. The number of benzene rings is 2. The van der Waals surface area contributed by atoms with E-state index in [1.165, 1.54) is 10.5 Å². The van der Waals surface area contributed by atoms with E-state index in [1.54, 1.807) is 43.1 Å². The van der Waals surface area contributed by atoms with Gasteiger partial charge in [0.2, 0.25) is 10.0 Å². The van der Waals surface area contributed by atoms with Crippen molar-refractivity contribution < 1.29 is 8.42 Å². The van der Waals surface area contributed by atoms with E-state index in [-0.39, 0.29) is 35.4 Å². The van der Waals surface area contributed by atoms with Crippen molar-refractivity contribution in [3.63, 3.8) is 0 Å². The molecular formula is C20H29IN4O2S2. The smallest absolute Gasteiger partial charge is 0.240 e. The minimum Gasteiger partial charge on any atom is -0.355 e. The van der Waals surface area contributed by atoms with Crippen LogP contribution in [0.25, 0.3) is 0 Å². The summed E-state index contributed by atoms with van der Waals surface area (Å²) >= 11 is 1.72. The topological polar surface area (TPSA) is 73.8 Å². The lowest BCUT2D eigenvalue weighted by atomic mass is 10.2. The number of aliphatic imine (C=N–C) groups is 1. The molecule has 0 bridgehead atoms. The summed E-state index contributed by atoms with van der Waals surface area (Å²) in [7, 11) is 0.164. The van der Waals surface area contributed by atoms with Gasteiger partial charge in [0.15, 0.2) is 5.96 Å². The monoisotopic (exact) mass is 548 g/mol. The standard InChI is InChI=1S/C20H28N4O2S2.HI/c1-16-5-11-19(12-6-16)28(25,26)23-14-13-22-20(21-2)24(3)15-17-7-9-18(27-4)10-8-17;/h5-12,23H,13-15H2,1-4H3,(H,21,22);1H. The lowest BCUT2D eigenvalue weighted by molar-refractivity contribution is 0.476. The summed E-state index contributed by atoms with van der Waals surface area (Å²) in [5, 5.41) is 3.19. The first-order chi connectivity index (χ1) is 13.4. The van der Waals surface area contributed by atoms with Crippen LogP contribution in [0, 0.1) is 6.92 Å². The summed E-state index contributed by atoms with van der Waals surface area (Å²) in [6.45, 7) is 3.34. The Bertz CT molecular complexity index is 886. The van der Waals surface area contributed by atoms with Crippen molar-refractivity contribution in [1.82, 2.24) is 14.9 Å². The number of guanidine groups is 1. The van der Waals surface area contributed by atoms with Gasteiger partial charge in [-0.2, -0.15) is 0 Å². The quantitative estimate of drug-likeness (QED) is 0.174. The van der Waals surface area contributed by atoms with Crippen LogP contribution in [0.5, 0.6) is 0 Å². The van der Waals surface area contributed by atoms with E-state index in [1.807, 2.05) is 18.9 Å². The Hall–Kier alpha value is -1.30. The Labute approximate surface area is 195 Å². The molecule has 0 spiro atoms. The van der Waals surface area contributed by atoms with Gasteiger partial charge >= 0.3 is 0 Å². The van der Waals surface area contributed by atoms with Gasteiger partial charge in [-0.05, 0) is 43.0 Å². The van der Waals surface area contributed by atoms with Crippen LogP contribution in [-0.2, 0) is 16.6 Å². The van der Waals surface area contributed by atoms with Crippen molar-refractivity contribution in [3.05, 3.63) is 59.7 Å². The Kier molecular flexibility index (Phi) is 11.0. The van der Waals surface area contributed by atoms with Gasteiger partial charge in [0.25, 0.3) is 0 Å². The largest absolute Gasteiger partial charge is 0.355 e. The second kappa shape index (κ2) is 12.4. The summed E-state index contributed by atoms with van der Waals surface area (Å²) in [4.78, 5) is 7.78. The third-order valence-electron chi connectivity index (χ3n) is 4.18. The number of sulfonamides is 1. The first-order valence-corrected chi connectivity index (χ1v) is 11.7. The minimum atomic E-state index is -3.50. The van der Waals surface area contributed by atoms with Crippen LogP contribution in [-0.4, -0.2) is 52.7 Å². The van der Waals surface area contributed by atoms with E-state index in [9.17, 15) is 8.42 Å². The lowest BCUT2D eigenvalue weighted by Gasteiger charge is -2.22. The van der Waals surface area contributed by atoms with E-state index in [0.717, 1.165) is 5.56 Å². The van der Waals surface area contributed by atoms with E-state index < -0.39 is 10.0 Å². The number of nitrogens with one attached hydrogen (secondary N) is 2. The van der Waals surface area contributed by atoms with E-state index in [0.29, 0.717) is 19.0 Å². The molecule has 0 aromatic heterocycles. The Balaban J connectivity index is 0.00000420. The zero-order chi connectivity index (χ0) is 20.6. The fourth-order valence-electron chi connectivity index (χ4n) is 2.62. The molecule has 0 heterocycles. The molecule has 2 N–H and O–H groups in total. The van der Waals surface area contributed by atoms with E-state index >= 15 is 0 Å². The van der Waals surface area contributed by atoms with Crippen LogP contribution in [0.3, 0.4) is 0 Å². The predicted octanol–water partition coefficient (Wildman–Crippen LogP) is 3.32. The Morgan fingerprint density at radius 1 is 1.07 bits per heavy atom. The third kappa shape index (κ3) is 8.15. The second-order valence-electron chi connectivity index (χ2n) is 6.39. The summed E-state index contributed by atoms with van der Waals surface area (Å²) in [5.41, 5.74) is 2.21. The summed E-state index contributed by atoms with van der Waals surface area (Å²) < 4.78 is 27.2. The van der Waals surface area contributed by atoms with Crippen molar-refractivity contribution in [2.45, 2.75) is 23.3 Å². The summed E-state index contributed by atoms with van der Waals surface area (Å²) in [5.74, 6) is 0.712. The van der Waals surface area contributed by atoms with Gasteiger partial charge < -0.3 is 10.2 Å². The molecule has 0 saturated heterocycles. The fourth-order valence-corrected chi connectivity index (χ4v) is 4.06. The molecule has 6 nitrogen and oxygen atoms in total. The predicted molar refractivity (Wildman–Crippen MR) is 133 cm³/mol. The van der Waals surface area contributed by atoms with Crippen LogP contribution >= 0.6 is 35.7 Å². The molecule has 0 aliphatic carbocycles. The maximum atomic E-state index is 12.3. The Morgan fingerprint density at radius 3 is 2.24 bits per heavy atom. The SMILES string of the molecule is CN=C(NCCNS(=O)(=O)c1ccc(C)cc1)N(C)Cc1ccc(SC)cc1.I.